The summed E-state index contributed by atoms with van der Waals surface area (Å²) in [5.41, 5.74) is 7.42. The summed E-state index contributed by atoms with van der Waals surface area (Å²) in [6, 6.07) is 10.8. The Kier molecular flexibility index (Phi) is 4.07. The van der Waals surface area contributed by atoms with Crippen LogP contribution in [0.5, 0.6) is 0 Å². The highest BCUT2D eigenvalue weighted by molar-refractivity contribution is 6.30. The number of hydrogen-bond donors (Lipinski definition) is 0. The molecule has 0 N–H and O–H groups in total. The normalized spacial score (nSPS) is 14.3. The van der Waals surface area contributed by atoms with Crippen LogP contribution in [0, 0.1) is 0 Å². The maximum absolute atomic E-state index is 6.22. The lowest BCUT2D eigenvalue weighted by Gasteiger charge is -2.17. The molecule has 4 rings (SSSR count). The van der Waals surface area contributed by atoms with E-state index < -0.39 is 0 Å². The number of rotatable bonds is 3. The van der Waals surface area contributed by atoms with E-state index >= 15 is 0 Å². The Morgan fingerprint density at radius 1 is 1.08 bits per heavy atom. The first-order valence-corrected chi connectivity index (χ1v) is 8.93. The topological polar surface area (TPSA) is 20.5 Å². The fraction of sp³-hybridized carbons (Fsp3) is 0.350. The van der Waals surface area contributed by atoms with Crippen molar-refractivity contribution in [1.82, 2.24) is 14.3 Å². The largest absolute Gasteiger partial charge is 0.304 e. The smallest absolute Gasteiger partial charge is 0.137 e. The molecule has 2 heterocycles. The highest BCUT2D eigenvalue weighted by Crippen LogP contribution is 2.30. The molecule has 0 spiro atoms. The summed E-state index contributed by atoms with van der Waals surface area (Å²) in [4.78, 5) is 7.08. The number of aromatic nitrogens is 2. The predicted molar refractivity (Wildman–Crippen MR) is 99.7 cm³/mol. The van der Waals surface area contributed by atoms with E-state index in [0.717, 1.165) is 22.9 Å². The van der Waals surface area contributed by atoms with Crippen molar-refractivity contribution in [3.63, 3.8) is 0 Å². The molecule has 0 unspecified atom stereocenters. The third-order valence-electron chi connectivity index (χ3n) is 4.77. The average molecular weight is 340 g/mol. The van der Waals surface area contributed by atoms with Crippen LogP contribution >= 0.6 is 11.6 Å². The van der Waals surface area contributed by atoms with Crippen molar-refractivity contribution in [2.24, 2.45) is 0 Å². The minimum atomic E-state index is 0.733. The van der Waals surface area contributed by atoms with E-state index in [1.165, 1.54) is 48.1 Å². The highest BCUT2D eigenvalue weighted by Gasteiger charge is 2.17. The van der Waals surface area contributed by atoms with Crippen LogP contribution in [0.25, 0.3) is 16.9 Å². The Bertz CT molecular complexity index is 895. The van der Waals surface area contributed by atoms with Crippen LogP contribution in [0.4, 0.5) is 0 Å². The van der Waals surface area contributed by atoms with Crippen molar-refractivity contribution >= 4 is 17.2 Å². The summed E-state index contributed by atoms with van der Waals surface area (Å²) < 4.78 is 2.12. The third kappa shape index (κ3) is 2.83. The van der Waals surface area contributed by atoms with Gasteiger partial charge in [-0.3, -0.25) is 0 Å². The Hall–Kier alpha value is -1.84. The van der Waals surface area contributed by atoms with Gasteiger partial charge in [-0.05, 0) is 69.1 Å². The first-order chi connectivity index (χ1) is 11.6. The minimum absolute atomic E-state index is 0.733. The highest BCUT2D eigenvalue weighted by atomic mass is 35.5. The summed E-state index contributed by atoms with van der Waals surface area (Å²) in [5, 5.41) is 0.733. The Morgan fingerprint density at radius 3 is 2.67 bits per heavy atom. The van der Waals surface area contributed by atoms with Gasteiger partial charge in [0, 0.05) is 18.3 Å². The maximum atomic E-state index is 6.22. The molecule has 4 heteroatoms. The summed E-state index contributed by atoms with van der Waals surface area (Å²) >= 11 is 6.22. The first-order valence-electron chi connectivity index (χ1n) is 8.55. The molecule has 3 nitrogen and oxygen atoms in total. The molecule has 0 amide bonds. The van der Waals surface area contributed by atoms with Crippen LogP contribution in [0.1, 0.15) is 29.7 Å². The lowest BCUT2D eigenvalue weighted by molar-refractivity contribution is 0.396. The second-order valence-electron chi connectivity index (χ2n) is 6.91. The van der Waals surface area contributed by atoms with E-state index in [9.17, 15) is 0 Å². The van der Waals surface area contributed by atoms with Gasteiger partial charge in [0.1, 0.15) is 5.65 Å². The number of fused-ring (bicyclic) bond motifs is 2. The number of halogens is 1. The quantitative estimate of drug-likeness (QED) is 0.695. The average Bonchev–Trinajstić information content (AvgIpc) is 2.92. The summed E-state index contributed by atoms with van der Waals surface area (Å²) in [5.74, 6) is 0. The third-order valence-corrected chi connectivity index (χ3v) is 4.99. The fourth-order valence-electron chi connectivity index (χ4n) is 3.63. The molecule has 0 bridgehead atoms. The molecule has 3 aromatic rings. The first kappa shape index (κ1) is 15.7. The number of nitrogens with zero attached hydrogens (tertiary/aromatic N) is 3. The van der Waals surface area contributed by atoms with Gasteiger partial charge in [-0.1, -0.05) is 23.7 Å². The van der Waals surface area contributed by atoms with Crippen molar-refractivity contribution in [1.29, 1.82) is 0 Å². The predicted octanol–water partition coefficient (Wildman–Crippen LogP) is 4.60. The molecule has 0 saturated heterocycles. The van der Waals surface area contributed by atoms with Crippen molar-refractivity contribution in [3.05, 3.63) is 58.4 Å². The molecule has 0 atom stereocenters. The van der Waals surface area contributed by atoms with E-state index in [0.29, 0.717) is 0 Å². The second-order valence-corrected chi connectivity index (χ2v) is 7.35. The lowest BCUT2D eigenvalue weighted by atomic mass is 9.90. The molecule has 2 aromatic heterocycles. The van der Waals surface area contributed by atoms with E-state index in [4.69, 9.17) is 16.6 Å². The number of aryl methyl sites for hydroxylation is 2. The van der Waals surface area contributed by atoms with Crippen molar-refractivity contribution in [2.75, 3.05) is 14.1 Å². The van der Waals surface area contributed by atoms with Gasteiger partial charge in [0.2, 0.25) is 0 Å². The molecule has 0 aliphatic heterocycles. The molecule has 24 heavy (non-hydrogen) atoms. The monoisotopic (exact) mass is 339 g/mol. The van der Waals surface area contributed by atoms with Gasteiger partial charge in [-0.25, -0.2) is 4.98 Å². The Labute approximate surface area is 147 Å². The maximum Gasteiger partial charge on any atom is 0.137 e. The zero-order valence-corrected chi connectivity index (χ0v) is 15.0. The molecule has 1 aliphatic carbocycles. The molecule has 124 valence electrons. The molecular weight excluding hydrogens is 318 g/mol. The number of pyridine rings is 1. The van der Waals surface area contributed by atoms with Crippen LogP contribution in [0.2, 0.25) is 5.02 Å². The van der Waals surface area contributed by atoms with E-state index in [-0.39, 0.29) is 0 Å². The van der Waals surface area contributed by atoms with Gasteiger partial charge in [-0.15, -0.1) is 0 Å². The van der Waals surface area contributed by atoms with E-state index in [2.05, 4.69) is 41.6 Å². The lowest BCUT2D eigenvalue weighted by Crippen LogP contribution is -2.13. The van der Waals surface area contributed by atoms with Gasteiger partial charge < -0.3 is 9.30 Å². The van der Waals surface area contributed by atoms with Gasteiger partial charge in [0.25, 0.3) is 0 Å². The number of benzene rings is 1. The van der Waals surface area contributed by atoms with E-state index in [1.54, 1.807) is 0 Å². The second kappa shape index (κ2) is 6.23. The summed E-state index contributed by atoms with van der Waals surface area (Å²) in [6.45, 7) is 0.827. The Balaban J connectivity index is 1.89. The molecule has 1 aromatic carbocycles. The Morgan fingerprint density at radius 2 is 1.88 bits per heavy atom. The van der Waals surface area contributed by atoms with Crippen LogP contribution in [-0.4, -0.2) is 28.4 Å². The van der Waals surface area contributed by atoms with Gasteiger partial charge in [0.05, 0.1) is 16.4 Å². The van der Waals surface area contributed by atoms with Crippen LogP contribution in [-0.2, 0) is 19.4 Å². The molecular formula is C20H22ClN3. The molecule has 0 fully saturated rings. The molecule has 0 radical (unpaired) electrons. The summed E-state index contributed by atoms with van der Waals surface area (Å²) in [7, 11) is 4.17. The van der Waals surface area contributed by atoms with Crippen LogP contribution in [0.15, 0.2) is 36.5 Å². The minimum Gasteiger partial charge on any atom is -0.304 e. The van der Waals surface area contributed by atoms with Gasteiger partial charge >= 0.3 is 0 Å². The summed E-state index contributed by atoms with van der Waals surface area (Å²) in [6.07, 6.45) is 6.96. The number of imidazole rings is 1. The zero-order valence-electron chi connectivity index (χ0n) is 14.2. The molecule has 1 aliphatic rings. The fourth-order valence-corrected chi connectivity index (χ4v) is 3.79. The van der Waals surface area contributed by atoms with Crippen molar-refractivity contribution in [3.8, 4) is 11.3 Å². The van der Waals surface area contributed by atoms with Crippen molar-refractivity contribution in [2.45, 2.75) is 32.2 Å². The molecule has 0 saturated carbocycles. The van der Waals surface area contributed by atoms with Crippen LogP contribution in [0.3, 0.4) is 0 Å². The zero-order chi connectivity index (χ0) is 16.7. The standard InChI is InChI=1S/C20H22ClN3/c1-23(2)13-18-20(22-19-10-9-17(21)12-24(18)19)16-8-7-14-5-3-4-6-15(14)11-16/h7-12H,3-6,13H2,1-2H3. The van der Waals surface area contributed by atoms with Gasteiger partial charge in [-0.2, -0.15) is 0 Å². The number of hydrogen-bond acceptors (Lipinski definition) is 2. The SMILES string of the molecule is CN(C)Cc1c(-c2ccc3c(c2)CCCC3)nc2ccc(Cl)cn12. The van der Waals surface area contributed by atoms with Gasteiger partial charge in [0.15, 0.2) is 0 Å². The van der Waals surface area contributed by atoms with Crippen molar-refractivity contribution < 1.29 is 0 Å². The van der Waals surface area contributed by atoms with E-state index in [1.807, 2.05) is 18.3 Å². The van der Waals surface area contributed by atoms with Crippen LogP contribution < -0.4 is 0 Å².